The first-order valence-corrected chi connectivity index (χ1v) is 7.87. The van der Waals surface area contributed by atoms with Gasteiger partial charge in [-0.2, -0.15) is 0 Å². The number of halogens is 2. The van der Waals surface area contributed by atoms with E-state index in [2.05, 4.69) is 6.92 Å². The number of piperidine rings is 1. The predicted molar refractivity (Wildman–Crippen MR) is 80.2 cm³/mol. The molecule has 2 aliphatic rings. The van der Waals surface area contributed by atoms with Crippen molar-refractivity contribution in [1.29, 1.82) is 0 Å². The average molecular weight is 308 g/mol. The smallest absolute Gasteiger partial charge is 0.226 e. The van der Waals surface area contributed by atoms with Gasteiger partial charge in [0.15, 0.2) is 11.6 Å². The zero-order chi connectivity index (χ0) is 15.9. The maximum atomic E-state index is 13.3. The maximum absolute atomic E-state index is 13.3. The van der Waals surface area contributed by atoms with Crippen LogP contribution in [0.3, 0.4) is 0 Å². The summed E-state index contributed by atoms with van der Waals surface area (Å²) >= 11 is 0. The zero-order valence-corrected chi connectivity index (χ0v) is 12.8. The van der Waals surface area contributed by atoms with Gasteiger partial charge in [0.05, 0.1) is 0 Å². The molecule has 0 bridgehead atoms. The molecule has 0 radical (unpaired) electrons. The van der Waals surface area contributed by atoms with Crippen molar-refractivity contribution in [3.8, 4) is 0 Å². The topological polar surface area (TPSA) is 46.3 Å². The minimum Gasteiger partial charge on any atom is -0.342 e. The first-order chi connectivity index (χ1) is 10.4. The summed E-state index contributed by atoms with van der Waals surface area (Å²) in [5.41, 5.74) is 6.65. The summed E-state index contributed by atoms with van der Waals surface area (Å²) in [5, 5.41) is 0. The van der Waals surface area contributed by atoms with E-state index in [0.29, 0.717) is 6.54 Å². The van der Waals surface area contributed by atoms with Crippen LogP contribution in [0.5, 0.6) is 0 Å². The van der Waals surface area contributed by atoms with E-state index in [-0.39, 0.29) is 23.2 Å². The second-order valence-electron chi connectivity index (χ2n) is 6.96. The van der Waals surface area contributed by atoms with Crippen LogP contribution < -0.4 is 5.73 Å². The number of hydrogen-bond acceptors (Lipinski definition) is 2. The van der Waals surface area contributed by atoms with E-state index < -0.39 is 11.6 Å². The molecule has 0 unspecified atom stereocenters. The first-order valence-electron chi connectivity index (χ1n) is 7.87. The number of nitrogens with zero attached hydrogens (tertiary/aromatic N) is 1. The van der Waals surface area contributed by atoms with Gasteiger partial charge < -0.3 is 10.6 Å². The molecule has 2 atom stereocenters. The molecule has 1 saturated carbocycles. The molecule has 2 fully saturated rings. The molecule has 120 valence electrons. The fourth-order valence-electron chi connectivity index (χ4n) is 3.28. The van der Waals surface area contributed by atoms with E-state index in [4.69, 9.17) is 5.73 Å². The van der Waals surface area contributed by atoms with E-state index in [9.17, 15) is 13.6 Å². The maximum Gasteiger partial charge on any atom is 0.226 e. The van der Waals surface area contributed by atoms with Crippen molar-refractivity contribution in [3.05, 3.63) is 35.4 Å². The van der Waals surface area contributed by atoms with Gasteiger partial charge in [-0.1, -0.05) is 13.0 Å². The number of likely N-dealkylation sites (tertiary alicyclic amines) is 1. The molecule has 0 aromatic heterocycles. The van der Waals surface area contributed by atoms with Gasteiger partial charge in [-0.05, 0) is 54.8 Å². The van der Waals surface area contributed by atoms with Crippen molar-refractivity contribution in [2.45, 2.75) is 32.1 Å². The van der Waals surface area contributed by atoms with Crippen molar-refractivity contribution in [2.75, 3.05) is 19.6 Å². The van der Waals surface area contributed by atoms with E-state index in [1.165, 1.54) is 6.07 Å². The molecule has 1 aromatic carbocycles. The van der Waals surface area contributed by atoms with Gasteiger partial charge in [-0.15, -0.1) is 0 Å². The van der Waals surface area contributed by atoms with Crippen LogP contribution >= 0.6 is 0 Å². The van der Waals surface area contributed by atoms with Crippen LogP contribution in [0.2, 0.25) is 0 Å². The molecule has 0 spiro atoms. The molecule has 5 heteroatoms. The molecule has 1 heterocycles. The third-order valence-electron chi connectivity index (χ3n) is 5.25. The van der Waals surface area contributed by atoms with Crippen LogP contribution in [-0.2, 0) is 4.79 Å². The Bertz CT molecular complexity index is 582. The highest BCUT2D eigenvalue weighted by molar-refractivity contribution is 5.83. The van der Waals surface area contributed by atoms with Crippen molar-refractivity contribution >= 4 is 5.91 Å². The summed E-state index contributed by atoms with van der Waals surface area (Å²) in [5.74, 6) is -1.58. The molecule has 1 aliphatic heterocycles. The minimum atomic E-state index is -0.843. The van der Waals surface area contributed by atoms with Gasteiger partial charge in [-0.3, -0.25) is 4.79 Å². The van der Waals surface area contributed by atoms with Crippen molar-refractivity contribution in [2.24, 2.45) is 17.1 Å². The molecule has 1 aromatic rings. The monoisotopic (exact) mass is 308 g/mol. The van der Waals surface area contributed by atoms with Crippen LogP contribution in [0.25, 0.3) is 0 Å². The highest BCUT2D eigenvalue weighted by atomic mass is 19.2. The SMILES string of the molecule is CC1(CN)CCN(C(=O)[C@@H]2C[C@H]2c2ccc(F)c(F)c2)CC1. The Hall–Kier alpha value is -1.49. The Balaban J connectivity index is 1.60. The number of amides is 1. The summed E-state index contributed by atoms with van der Waals surface area (Å²) in [6, 6.07) is 3.94. The molecular weight excluding hydrogens is 286 g/mol. The Labute approximate surface area is 129 Å². The Morgan fingerprint density at radius 3 is 2.59 bits per heavy atom. The van der Waals surface area contributed by atoms with E-state index >= 15 is 0 Å². The zero-order valence-electron chi connectivity index (χ0n) is 12.8. The standard InChI is InChI=1S/C17H22F2N2O/c1-17(10-20)4-6-21(7-5-17)16(22)13-9-12(13)11-2-3-14(18)15(19)8-11/h2-3,8,12-13H,4-7,9-10,20H2,1H3/t12-,13+/m0/s1. The lowest BCUT2D eigenvalue weighted by Gasteiger charge is -2.38. The normalized spacial score (nSPS) is 26.8. The highest BCUT2D eigenvalue weighted by Gasteiger charge is 2.46. The van der Waals surface area contributed by atoms with Gasteiger partial charge in [0.25, 0.3) is 0 Å². The second-order valence-corrected chi connectivity index (χ2v) is 6.96. The highest BCUT2D eigenvalue weighted by Crippen LogP contribution is 2.49. The molecule has 3 rings (SSSR count). The fourth-order valence-corrected chi connectivity index (χ4v) is 3.28. The van der Waals surface area contributed by atoms with Gasteiger partial charge in [0.2, 0.25) is 5.91 Å². The van der Waals surface area contributed by atoms with Crippen molar-refractivity contribution < 1.29 is 13.6 Å². The molecular formula is C17H22F2N2O. The van der Waals surface area contributed by atoms with Crippen molar-refractivity contribution in [1.82, 2.24) is 4.90 Å². The van der Waals surface area contributed by atoms with E-state index in [1.54, 1.807) is 6.07 Å². The molecule has 1 aliphatic carbocycles. The third-order valence-corrected chi connectivity index (χ3v) is 5.25. The fraction of sp³-hybridized carbons (Fsp3) is 0.588. The molecule has 2 N–H and O–H groups in total. The van der Waals surface area contributed by atoms with Crippen LogP contribution in [0.15, 0.2) is 18.2 Å². The second kappa shape index (κ2) is 5.61. The van der Waals surface area contributed by atoms with Gasteiger partial charge in [0, 0.05) is 19.0 Å². The number of carbonyl (C=O) groups excluding carboxylic acids is 1. The summed E-state index contributed by atoms with van der Waals surface area (Å²) in [7, 11) is 0. The van der Waals surface area contributed by atoms with Crippen LogP contribution in [0.4, 0.5) is 8.78 Å². The predicted octanol–water partition coefficient (Wildman–Crippen LogP) is 2.66. The summed E-state index contributed by atoms with van der Waals surface area (Å²) in [6.45, 7) is 4.30. The molecule has 1 amide bonds. The summed E-state index contributed by atoms with van der Waals surface area (Å²) < 4.78 is 26.3. The number of hydrogen-bond donors (Lipinski definition) is 1. The summed E-state index contributed by atoms with van der Waals surface area (Å²) in [4.78, 5) is 14.4. The Morgan fingerprint density at radius 1 is 1.32 bits per heavy atom. The lowest BCUT2D eigenvalue weighted by molar-refractivity contribution is -0.134. The third kappa shape index (κ3) is 2.86. The first kappa shape index (κ1) is 15.4. The van der Waals surface area contributed by atoms with Crippen LogP contribution in [0.1, 0.15) is 37.7 Å². The largest absolute Gasteiger partial charge is 0.342 e. The average Bonchev–Trinajstić information content (AvgIpc) is 3.31. The van der Waals surface area contributed by atoms with E-state index in [1.807, 2.05) is 4.90 Å². The van der Waals surface area contributed by atoms with Gasteiger partial charge in [-0.25, -0.2) is 8.78 Å². The number of nitrogens with two attached hydrogens (primary N) is 1. The van der Waals surface area contributed by atoms with E-state index in [0.717, 1.165) is 44.0 Å². The molecule has 22 heavy (non-hydrogen) atoms. The summed E-state index contributed by atoms with van der Waals surface area (Å²) in [6.07, 6.45) is 2.59. The van der Waals surface area contributed by atoms with Crippen LogP contribution in [0, 0.1) is 23.0 Å². The van der Waals surface area contributed by atoms with Crippen molar-refractivity contribution in [3.63, 3.8) is 0 Å². The minimum absolute atomic E-state index is 0.0328. The number of rotatable bonds is 3. The molecule has 1 saturated heterocycles. The molecule has 3 nitrogen and oxygen atoms in total. The lowest BCUT2D eigenvalue weighted by Crippen LogP contribution is -2.45. The number of carbonyl (C=O) groups is 1. The lowest BCUT2D eigenvalue weighted by atomic mass is 9.80. The van der Waals surface area contributed by atoms with Gasteiger partial charge >= 0.3 is 0 Å². The van der Waals surface area contributed by atoms with Crippen LogP contribution in [-0.4, -0.2) is 30.4 Å². The number of benzene rings is 1. The Kier molecular flexibility index (Phi) is 3.93. The Morgan fingerprint density at radius 2 is 2.00 bits per heavy atom. The van der Waals surface area contributed by atoms with Gasteiger partial charge in [0.1, 0.15) is 0 Å². The quantitative estimate of drug-likeness (QED) is 0.933.